The highest BCUT2D eigenvalue weighted by Crippen LogP contribution is 2.39. The highest BCUT2D eigenvalue weighted by molar-refractivity contribution is 6.30. The lowest BCUT2D eigenvalue weighted by Gasteiger charge is -2.27. The SMILES string of the molecule is CC(C)(C)c1ccc(C(C)(C(=O)O)c2cc(Cl)ccc2[N+](=O)[O-])cc1. The molecule has 0 saturated heterocycles. The first-order valence-corrected chi connectivity index (χ1v) is 8.14. The van der Waals surface area contributed by atoms with Crippen LogP contribution in [0.3, 0.4) is 0 Å². The summed E-state index contributed by atoms with van der Waals surface area (Å²) in [5, 5.41) is 21.5. The molecule has 1 atom stereocenters. The predicted octanol–water partition coefficient (Wildman–Crippen LogP) is 4.94. The third-order valence-corrected chi connectivity index (χ3v) is 4.69. The summed E-state index contributed by atoms with van der Waals surface area (Å²) < 4.78 is 0. The largest absolute Gasteiger partial charge is 0.480 e. The Kier molecular flexibility index (Phi) is 4.91. The number of nitrogens with zero attached hydrogens (tertiary/aromatic N) is 1. The van der Waals surface area contributed by atoms with Crippen LogP contribution < -0.4 is 0 Å². The molecule has 2 aromatic carbocycles. The fourth-order valence-electron chi connectivity index (χ4n) is 2.77. The van der Waals surface area contributed by atoms with Crippen molar-refractivity contribution in [3.63, 3.8) is 0 Å². The van der Waals surface area contributed by atoms with Gasteiger partial charge >= 0.3 is 5.97 Å². The number of nitro groups is 1. The number of hydrogen-bond donors (Lipinski definition) is 1. The van der Waals surface area contributed by atoms with Gasteiger partial charge in [0, 0.05) is 11.1 Å². The van der Waals surface area contributed by atoms with E-state index in [1.165, 1.54) is 25.1 Å². The van der Waals surface area contributed by atoms with Gasteiger partial charge in [-0.1, -0.05) is 56.6 Å². The van der Waals surface area contributed by atoms with Gasteiger partial charge in [-0.2, -0.15) is 0 Å². The quantitative estimate of drug-likeness (QED) is 0.618. The Balaban J connectivity index is 2.71. The molecule has 5 nitrogen and oxygen atoms in total. The average molecular weight is 362 g/mol. The Labute approximate surface area is 151 Å². The van der Waals surface area contributed by atoms with Crippen LogP contribution in [0.2, 0.25) is 5.02 Å². The number of carboxylic acid groups (broad SMARTS) is 1. The Morgan fingerprint density at radius 2 is 1.56 bits per heavy atom. The van der Waals surface area contributed by atoms with Crippen molar-refractivity contribution >= 4 is 23.3 Å². The smallest absolute Gasteiger partial charge is 0.318 e. The van der Waals surface area contributed by atoms with Crippen molar-refractivity contribution in [2.24, 2.45) is 0 Å². The van der Waals surface area contributed by atoms with Gasteiger partial charge in [-0.15, -0.1) is 0 Å². The van der Waals surface area contributed by atoms with Crippen LogP contribution >= 0.6 is 11.6 Å². The topological polar surface area (TPSA) is 80.4 Å². The molecule has 132 valence electrons. The second kappa shape index (κ2) is 6.48. The van der Waals surface area contributed by atoms with Gasteiger partial charge < -0.3 is 5.11 Å². The van der Waals surface area contributed by atoms with Gasteiger partial charge in [0.05, 0.1) is 10.5 Å². The van der Waals surface area contributed by atoms with Gasteiger partial charge in [0.1, 0.15) is 5.41 Å². The average Bonchev–Trinajstić information content (AvgIpc) is 2.52. The zero-order valence-corrected chi connectivity index (χ0v) is 15.3. The maximum atomic E-state index is 12.1. The minimum Gasteiger partial charge on any atom is -0.480 e. The summed E-state index contributed by atoms with van der Waals surface area (Å²) in [6.07, 6.45) is 0. The van der Waals surface area contributed by atoms with E-state index in [-0.39, 0.29) is 21.7 Å². The van der Waals surface area contributed by atoms with E-state index >= 15 is 0 Å². The summed E-state index contributed by atoms with van der Waals surface area (Å²) in [4.78, 5) is 22.9. The normalized spacial score (nSPS) is 14.0. The number of halogens is 1. The maximum Gasteiger partial charge on any atom is 0.318 e. The van der Waals surface area contributed by atoms with Crippen molar-refractivity contribution in [2.45, 2.75) is 38.5 Å². The number of carboxylic acids is 1. The second-order valence-electron chi connectivity index (χ2n) is 7.18. The molecule has 2 aromatic rings. The molecule has 0 aliphatic carbocycles. The molecule has 0 bridgehead atoms. The van der Waals surface area contributed by atoms with E-state index in [4.69, 9.17) is 11.6 Å². The molecule has 0 fully saturated rings. The summed E-state index contributed by atoms with van der Waals surface area (Å²) in [5.41, 5.74) is -0.387. The summed E-state index contributed by atoms with van der Waals surface area (Å²) in [6.45, 7) is 7.63. The third-order valence-electron chi connectivity index (χ3n) is 4.45. The van der Waals surface area contributed by atoms with E-state index in [1.807, 2.05) is 12.1 Å². The van der Waals surface area contributed by atoms with E-state index in [9.17, 15) is 20.0 Å². The summed E-state index contributed by atoms with van der Waals surface area (Å²) in [7, 11) is 0. The number of rotatable bonds is 4. The fraction of sp³-hybridized carbons (Fsp3) is 0.316. The molecule has 2 rings (SSSR count). The molecule has 1 unspecified atom stereocenters. The first-order chi connectivity index (χ1) is 11.5. The fourth-order valence-corrected chi connectivity index (χ4v) is 2.94. The first-order valence-electron chi connectivity index (χ1n) is 7.76. The molecule has 1 N–H and O–H groups in total. The van der Waals surface area contributed by atoms with Gasteiger partial charge in [-0.25, -0.2) is 0 Å². The molecule has 0 heterocycles. The lowest BCUT2D eigenvalue weighted by atomic mass is 9.74. The van der Waals surface area contributed by atoms with Crippen molar-refractivity contribution in [3.8, 4) is 0 Å². The Morgan fingerprint density at radius 1 is 1.04 bits per heavy atom. The zero-order valence-electron chi connectivity index (χ0n) is 14.5. The van der Waals surface area contributed by atoms with Crippen LogP contribution in [-0.2, 0) is 15.6 Å². The first kappa shape index (κ1) is 18.9. The van der Waals surface area contributed by atoms with Crippen molar-refractivity contribution in [1.82, 2.24) is 0 Å². The summed E-state index contributed by atoms with van der Waals surface area (Å²) >= 11 is 5.99. The molecular weight excluding hydrogens is 342 g/mol. The van der Waals surface area contributed by atoms with Crippen LogP contribution in [0.4, 0.5) is 5.69 Å². The van der Waals surface area contributed by atoms with Crippen LogP contribution in [0.5, 0.6) is 0 Å². The standard InChI is InChI=1S/C19H20ClNO4/c1-18(2,3)12-5-7-13(8-6-12)19(4,17(22)23)15-11-14(20)9-10-16(15)21(24)25/h5-11H,1-4H3,(H,22,23). The Bertz CT molecular complexity index is 824. The zero-order chi connectivity index (χ0) is 19.0. The molecule has 0 amide bonds. The van der Waals surface area contributed by atoms with Crippen molar-refractivity contribution in [2.75, 3.05) is 0 Å². The molecule has 6 heteroatoms. The number of aliphatic carboxylic acids is 1. The van der Waals surface area contributed by atoms with Crippen molar-refractivity contribution < 1.29 is 14.8 Å². The highest BCUT2D eigenvalue weighted by Gasteiger charge is 2.42. The molecule has 0 saturated carbocycles. The van der Waals surface area contributed by atoms with Crippen molar-refractivity contribution in [1.29, 1.82) is 0 Å². The van der Waals surface area contributed by atoms with Gasteiger partial charge in [0.25, 0.3) is 5.69 Å². The molecule has 0 spiro atoms. The van der Waals surface area contributed by atoms with Gasteiger partial charge in [0.2, 0.25) is 0 Å². The second-order valence-corrected chi connectivity index (χ2v) is 7.61. The van der Waals surface area contributed by atoms with E-state index < -0.39 is 16.3 Å². The van der Waals surface area contributed by atoms with Gasteiger partial charge in [0.15, 0.2) is 0 Å². The van der Waals surface area contributed by atoms with Gasteiger partial charge in [-0.3, -0.25) is 14.9 Å². The lowest BCUT2D eigenvalue weighted by molar-refractivity contribution is -0.385. The van der Waals surface area contributed by atoms with E-state index in [2.05, 4.69) is 20.8 Å². The molecule has 25 heavy (non-hydrogen) atoms. The summed E-state index contributed by atoms with van der Waals surface area (Å²) in [5.74, 6) is -1.18. The Hall–Kier alpha value is -2.40. The lowest BCUT2D eigenvalue weighted by Crippen LogP contribution is -2.34. The molecule has 0 aliphatic rings. The highest BCUT2D eigenvalue weighted by atomic mass is 35.5. The number of hydrogen-bond acceptors (Lipinski definition) is 3. The van der Waals surface area contributed by atoms with Gasteiger partial charge in [-0.05, 0) is 35.6 Å². The number of benzene rings is 2. The van der Waals surface area contributed by atoms with Crippen LogP contribution in [0.25, 0.3) is 0 Å². The molecular formula is C19H20ClNO4. The predicted molar refractivity (Wildman–Crippen MR) is 97.3 cm³/mol. The summed E-state index contributed by atoms with van der Waals surface area (Å²) in [6, 6.07) is 11.1. The molecule has 0 radical (unpaired) electrons. The number of nitro benzene ring substituents is 1. The maximum absolute atomic E-state index is 12.1. The van der Waals surface area contributed by atoms with Crippen LogP contribution in [0.1, 0.15) is 44.4 Å². The van der Waals surface area contributed by atoms with Crippen LogP contribution in [0, 0.1) is 10.1 Å². The van der Waals surface area contributed by atoms with E-state index in [1.54, 1.807) is 12.1 Å². The monoisotopic (exact) mass is 361 g/mol. The van der Waals surface area contributed by atoms with Crippen LogP contribution in [-0.4, -0.2) is 16.0 Å². The third kappa shape index (κ3) is 3.51. The van der Waals surface area contributed by atoms with Crippen molar-refractivity contribution in [3.05, 3.63) is 74.3 Å². The molecule has 0 aliphatic heterocycles. The van der Waals surface area contributed by atoms with E-state index in [0.29, 0.717) is 5.56 Å². The van der Waals surface area contributed by atoms with E-state index in [0.717, 1.165) is 5.56 Å². The molecule has 0 aromatic heterocycles. The minimum atomic E-state index is -1.59. The minimum absolute atomic E-state index is 0.0565. The Morgan fingerprint density at radius 3 is 2.00 bits per heavy atom. The van der Waals surface area contributed by atoms with Crippen LogP contribution in [0.15, 0.2) is 42.5 Å². The number of carbonyl (C=O) groups is 1.